The molecule has 46 atom stereocenters. The van der Waals surface area contributed by atoms with Crippen LogP contribution in [0.1, 0.15) is 12.8 Å². The van der Waals surface area contributed by atoms with Gasteiger partial charge in [-0.3, -0.25) is 0 Å². The van der Waals surface area contributed by atoms with Gasteiger partial charge in [0.15, 0.2) is 0 Å². The highest BCUT2D eigenvalue weighted by atomic mass is 16.0. The maximum absolute atomic E-state index is 1.78. The predicted octanol–water partition coefficient (Wildman–Crippen LogP) is 1.27. The number of hydrogen-bond acceptors (Lipinski definition) is 0. The summed E-state index contributed by atoms with van der Waals surface area (Å²) in [5, 5.41) is 0. The highest BCUT2D eigenvalue weighted by Crippen LogP contribution is 4.03. The van der Waals surface area contributed by atoms with Crippen molar-refractivity contribution in [2.24, 2.45) is 239 Å². The predicted molar refractivity (Wildman–Crippen MR) is 128 cm³/mol. The van der Waals surface area contributed by atoms with Crippen LogP contribution in [-0.4, -0.2) is 0 Å². The van der Waals surface area contributed by atoms with Crippen LogP contribution in [0.25, 0.3) is 0 Å². The van der Waals surface area contributed by atoms with E-state index in [0.29, 0.717) is 0 Å². The van der Waals surface area contributed by atoms with Crippen molar-refractivity contribution in [3.05, 3.63) is 16.2 Å². The van der Waals surface area contributed by atoms with Gasteiger partial charge < -0.3 is 0 Å². The molecule has 0 nitrogen and oxygen atoms in total. The summed E-state index contributed by atoms with van der Waals surface area (Å²) in [5.74, 6) is 2.78. The van der Waals surface area contributed by atoms with Crippen LogP contribution >= 0.6 is 0 Å². The van der Waals surface area contributed by atoms with E-state index in [1.54, 1.807) is 12.8 Å². The molecular formula is C49H6. The van der Waals surface area contributed by atoms with Crippen molar-refractivity contribution >= 4 is 0 Å². The zero-order chi connectivity index (χ0) is 25.1. The van der Waals surface area contributed by atoms with Crippen LogP contribution in [0, 0.1) is 256 Å². The Bertz CT molecular complexity index is 4230. The SMILES string of the molecule is C1C2C13C21C32C13C21C32C13C21C32C13C21C32C13C21C32C13C21C32C13C21C32C13C14C56C78C9%10C%11%12C%13%14C%15%16C%17%18C%19%20C%21%22C%23%24C%25CC%25%23C%24%21C%22%19C%20%17C%18%15C%16%13C%14%11C%129C%107C85C61C234. The maximum Gasteiger partial charge on any atom is 0 e. The molecule has 0 N–H and O–H groups in total. The molecule has 0 bridgehead atoms. The molecule has 0 heteroatoms. The summed E-state index contributed by atoms with van der Waals surface area (Å²) in [6.45, 7) is 0. The van der Waals surface area contributed by atoms with Crippen molar-refractivity contribution in [2.75, 3.05) is 0 Å². The molecule has 202 valence electrons. The largest absolute Gasteiger partial charge is 0.0421 e. The Hall–Kier alpha value is 0. The quantitative estimate of drug-likeness (QED) is 0.397. The Kier molecular flexibility index (Phi) is 0.350. The second-order valence-electron chi connectivity index (χ2n) is 35.8. The van der Waals surface area contributed by atoms with E-state index in [1.807, 2.05) is 0 Å². The Labute approximate surface area is 267 Å². The lowest BCUT2D eigenvalue weighted by Crippen LogP contribution is -2.23. The molecule has 45 spiro atoms. The van der Waals surface area contributed by atoms with Gasteiger partial charge in [0.2, 0.25) is 0 Å². The van der Waals surface area contributed by atoms with Crippen molar-refractivity contribution in [1.82, 2.24) is 0 Å². The topological polar surface area (TPSA) is 0 Å². The minimum atomic E-state index is 1.17. The fourth-order valence-electron chi connectivity index (χ4n) is 61.3. The van der Waals surface area contributed by atoms with Crippen LogP contribution < -0.4 is 0 Å². The molecule has 0 aromatic heterocycles. The van der Waals surface area contributed by atoms with E-state index in [-0.39, 0.29) is 0 Å². The molecule has 47 saturated carbocycles. The molecule has 0 aromatic carbocycles. The van der Waals surface area contributed by atoms with Crippen LogP contribution in [0.5, 0.6) is 0 Å². The van der Waals surface area contributed by atoms with Crippen LogP contribution in [0.3, 0.4) is 0 Å². The van der Waals surface area contributed by atoms with E-state index < -0.39 is 0 Å². The lowest BCUT2D eigenvalue weighted by Gasteiger charge is -2.24. The Morgan fingerprint density at radius 2 is 0.306 bits per heavy atom. The van der Waals surface area contributed by atoms with E-state index in [9.17, 15) is 0 Å². The van der Waals surface area contributed by atoms with Crippen molar-refractivity contribution in [2.45, 2.75) is 12.8 Å². The Morgan fingerprint density at radius 3 is 0.449 bits per heavy atom. The molecule has 46 unspecified atom stereocenters. The van der Waals surface area contributed by atoms with Gasteiger partial charge in [0.25, 0.3) is 0 Å². The molecule has 0 amide bonds. The smallest absolute Gasteiger partial charge is 0 e. The maximum atomic E-state index is 1.78. The van der Waals surface area contributed by atoms with E-state index in [2.05, 4.69) is 0 Å². The van der Waals surface area contributed by atoms with E-state index in [4.69, 9.17) is 0 Å². The van der Waals surface area contributed by atoms with Gasteiger partial charge >= 0.3 is 0 Å². The third kappa shape index (κ3) is 0.194. The number of rotatable bonds is 0. The van der Waals surface area contributed by atoms with Gasteiger partial charge in [-0.15, -0.1) is 0 Å². The normalized spacial score (nSPS) is 182. The van der Waals surface area contributed by atoms with Crippen molar-refractivity contribution < 1.29 is 0 Å². The summed E-state index contributed by atoms with van der Waals surface area (Å²) in [4.78, 5) is 0. The first kappa shape index (κ1) is 12.5. The fourth-order valence-corrected chi connectivity index (χ4v) is 61.3. The molecule has 0 heterocycles. The zero-order valence-electron chi connectivity index (χ0n) is 25.1. The van der Waals surface area contributed by atoms with Crippen LogP contribution in [-0.2, 0) is 0 Å². The van der Waals surface area contributed by atoms with Crippen LogP contribution in [0.2, 0.25) is 0 Å². The standard InChI is InChI=1S/C49H6/c1-3-5(1)7(3)9(5)11(7)13(9)15(11)17(13)19(15)21(17)23(19)25(21)27(23)29(25)31(27)33(29)35(31)37(33)39(35)41(37)43(39)45(41)47(43)48-44-40-36-32-28-24-20-16-12-8-4-2-6(4,8)10(8,12)14(12,16)18(16,20)22(20,24)26(24,28)30(28,32)34(32,36)38(36,40)42(40,44)46(44,48)49(45,47)48/h3-4H,1-2H2. The van der Waals surface area contributed by atoms with Crippen molar-refractivity contribution in [3.63, 3.8) is 0 Å². The van der Waals surface area contributed by atoms with Gasteiger partial charge in [-0.1, -0.05) is 0 Å². The summed E-state index contributed by atoms with van der Waals surface area (Å²) in [5.41, 5.74) is 55.6. The lowest BCUT2D eigenvalue weighted by molar-refractivity contribution is 0.212. The first-order valence-electron chi connectivity index (χ1n) is 24.4. The monoisotopic (exact) mass is 594 g/mol. The van der Waals surface area contributed by atoms with Gasteiger partial charge in [0.05, 0.1) is 0 Å². The molecule has 0 radical (unpaired) electrons. The Balaban J connectivity index is 0.481. The summed E-state index contributed by atoms with van der Waals surface area (Å²) in [6, 6.07) is 0. The summed E-state index contributed by atoms with van der Waals surface area (Å²) < 4.78 is 0. The third-order valence-electron chi connectivity index (χ3n) is 49.7. The first-order chi connectivity index (χ1) is 24.4. The summed E-state index contributed by atoms with van der Waals surface area (Å²) in [7, 11) is 0. The molecular weight excluding hydrogens is 589 g/mol. The van der Waals surface area contributed by atoms with E-state index in [0.717, 1.165) is 0 Å². The summed E-state index contributed by atoms with van der Waals surface area (Å²) >= 11 is 0. The average Bonchev–Trinajstić information content (AvgIpc) is 3.66. The van der Waals surface area contributed by atoms with Crippen LogP contribution in [0.4, 0.5) is 0 Å². The average molecular weight is 595 g/mol. The van der Waals surface area contributed by atoms with Gasteiger partial charge in [-0.05, 0) is 209 Å². The van der Waals surface area contributed by atoms with E-state index >= 15 is 0 Å². The van der Waals surface area contributed by atoms with Gasteiger partial charge in [-0.25, -0.2) is 0 Å². The molecule has 0 saturated heterocycles. The highest BCUT2D eigenvalue weighted by Gasteiger charge is 4.02. The van der Waals surface area contributed by atoms with Crippen molar-refractivity contribution in [1.29, 1.82) is 0 Å². The number of hydrogen-bond donors (Lipinski definition) is 0. The molecule has 47 rings (SSSR count). The summed E-state index contributed by atoms with van der Waals surface area (Å²) in [6.07, 6.45) is 3.56. The first-order valence-corrected chi connectivity index (χ1v) is 24.4. The van der Waals surface area contributed by atoms with Crippen molar-refractivity contribution in [3.8, 4) is 0 Å². The molecule has 0 aromatic rings. The highest BCUT2D eigenvalue weighted by molar-refractivity contribution is 6.64. The molecule has 49 heavy (non-hydrogen) atoms. The second kappa shape index (κ2) is 1.37. The van der Waals surface area contributed by atoms with E-state index in [1.165, 1.54) is 256 Å². The molecule has 0 aliphatic heterocycles. The fraction of sp³-hybridized carbons (Fsp3) is 1.00. The Morgan fingerprint density at radius 1 is 0.163 bits per heavy atom. The van der Waals surface area contributed by atoms with Gasteiger partial charge in [-0.2, -0.15) is 0 Å². The zero-order valence-corrected chi connectivity index (χ0v) is 25.1. The lowest BCUT2D eigenvalue weighted by atomic mass is 9.78. The van der Waals surface area contributed by atoms with Gasteiger partial charge in [0.1, 0.15) is 0 Å². The molecule has 47 fully saturated rings. The third-order valence-corrected chi connectivity index (χ3v) is 49.7. The molecule has 47 aliphatic rings. The van der Waals surface area contributed by atoms with Crippen LogP contribution in [0.15, 0.2) is 0 Å². The molecule has 47 aliphatic carbocycles. The second-order valence-corrected chi connectivity index (χ2v) is 35.8. The van der Waals surface area contributed by atoms with Gasteiger partial charge in [0, 0.05) is 59.6 Å². The minimum absolute atomic E-state index is 1.17. The minimum Gasteiger partial charge on any atom is -0.0421 e.